The summed E-state index contributed by atoms with van der Waals surface area (Å²) < 4.78 is 5.76. The predicted octanol–water partition coefficient (Wildman–Crippen LogP) is 4.29. The number of carbonyl (C=O) groups excluding carboxylic acids is 1. The molecule has 4 heteroatoms. The molecule has 1 aromatic rings. The molecule has 0 radical (unpaired) electrons. The molecule has 1 spiro atoms. The number of hydrogen-bond donors (Lipinski definition) is 2. The number of benzene rings is 1. The third-order valence-corrected chi connectivity index (χ3v) is 6.74. The smallest absolute Gasteiger partial charge is 0.317 e. The standard InChI is InChI=1S/C20H26O4/c1-10(2)11-8-12-13-9-14-19(3,4)6-5-7-20(14,18(23)24-13)15(12)17(22)16(11)21/h8,10,13-14,21-22H,5-7,9H2,1-4H3/t13-,14-,20-/m0/s1. The molecule has 24 heavy (non-hydrogen) atoms. The van der Waals surface area contributed by atoms with Crippen molar-refractivity contribution in [3.05, 3.63) is 22.8 Å². The van der Waals surface area contributed by atoms with Gasteiger partial charge in [0.05, 0.1) is 0 Å². The fourth-order valence-corrected chi connectivity index (χ4v) is 5.55. The molecule has 5 rings (SSSR count). The quantitative estimate of drug-likeness (QED) is 0.595. The molecule has 2 bridgehead atoms. The van der Waals surface area contributed by atoms with Crippen molar-refractivity contribution in [2.24, 2.45) is 11.3 Å². The Kier molecular flexibility index (Phi) is 3.08. The second-order valence-corrected chi connectivity index (χ2v) is 8.78. The van der Waals surface area contributed by atoms with Gasteiger partial charge >= 0.3 is 5.97 Å². The Morgan fingerprint density at radius 1 is 1.21 bits per heavy atom. The fourth-order valence-electron chi connectivity index (χ4n) is 5.55. The number of carbonyl (C=O) groups is 1. The Morgan fingerprint density at radius 2 is 1.92 bits per heavy atom. The number of esters is 1. The van der Waals surface area contributed by atoms with Gasteiger partial charge in [-0.1, -0.05) is 34.1 Å². The number of hydrogen-bond acceptors (Lipinski definition) is 4. The predicted molar refractivity (Wildman–Crippen MR) is 90.1 cm³/mol. The Hall–Kier alpha value is -1.71. The zero-order valence-corrected chi connectivity index (χ0v) is 14.8. The van der Waals surface area contributed by atoms with Crippen molar-refractivity contribution < 1.29 is 19.7 Å². The van der Waals surface area contributed by atoms with Crippen LogP contribution in [0.1, 0.15) is 82.1 Å². The van der Waals surface area contributed by atoms with Gasteiger partial charge in [-0.05, 0) is 42.6 Å². The van der Waals surface area contributed by atoms with Gasteiger partial charge in [-0.15, -0.1) is 0 Å². The topological polar surface area (TPSA) is 66.8 Å². The molecule has 4 aliphatic rings. The second-order valence-electron chi connectivity index (χ2n) is 8.78. The molecule has 2 aliphatic heterocycles. The second kappa shape index (κ2) is 4.68. The summed E-state index contributed by atoms with van der Waals surface area (Å²) in [6.07, 6.45) is 3.20. The van der Waals surface area contributed by atoms with Crippen LogP contribution in [0.3, 0.4) is 0 Å². The molecule has 3 atom stereocenters. The minimum atomic E-state index is -0.803. The summed E-state index contributed by atoms with van der Waals surface area (Å²) >= 11 is 0. The summed E-state index contributed by atoms with van der Waals surface area (Å²) in [5, 5.41) is 21.4. The van der Waals surface area contributed by atoms with Gasteiger partial charge in [0.15, 0.2) is 11.5 Å². The first-order valence-corrected chi connectivity index (χ1v) is 9.00. The monoisotopic (exact) mass is 330 g/mol. The lowest BCUT2D eigenvalue weighted by atomic mass is 9.47. The number of phenolic OH excluding ortho intramolecular Hbond substituents is 2. The highest BCUT2D eigenvalue weighted by atomic mass is 16.5. The normalized spacial score (nSPS) is 33.1. The lowest BCUT2D eigenvalue weighted by Gasteiger charge is -2.58. The summed E-state index contributed by atoms with van der Waals surface area (Å²) in [6, 6.07) is 1.95. The van der Waals surface area contributed by atoms with Crippen molar-refractivity contribution in [1.82, 2.24) is 0 Å². The van der Waals surface area contributed by atoms with Crippen LogP contribution in [0.2, 0.25) is 0 Å². The lowest BCUT2D eigenvalue weighted by Crippen LogP contribution is -2.59. The highest BCUT2D eigenvalue weighted by Crippen LogP contribution is 2.66. The average molecular weight is 330 g/mol. The van der Waals surface area contributed by atoms with E-state index >= 15 is 0 Å². The van der Waals surface area contributed by atoms with E-state index in [0.717, 1.165) is 30.4 Å². The molecular formula is C20H26O4. The van der Waals surface area contributed by atoms with E-state index in [2.05, 4.69) is 13.8 Å². The van der Waals surface area contributed by atoms with E-state index < -0.39 is 5.41 Å². The molecule has 1 saturated carbocycles. The first-order chi connectivity index (χ1) is 11.2. The molecule has 1 saturated heterocycles. The van der Waals surface area contributed by atoms with E-state index in [9.17, 15) is 15.0 Å². The van der Waals surface area contributed by atoms with Crippen molar-refractivity contribution in [3.8, 4) is 11.5 Å². The van der Waals surface area contributed by atoms with Gasteiger partial charge in [-0.25, -0.2) is 0 Å². The molecule has 4 nitrogen and oxygen atoms in total. The molecule has 0 aromatic heterocycles. The van der Waals surface area contributed by atoms with E-state index in [0.29, 0.717) is 12.0 Å². The number of aromatic hydroxyl groups is 2. The summed E-state index contributed by atoms with van der Waals surface area (Å²) in [4.78, 5) is 12.9. The molecule has 0 unspecified atom stereocenters. The SMILES string of the molecule is CC(C)c1cc2c(c(O)c1O)[C@]13CCCC(C)(C)[C@@H]1C[C@@H]2OC3=O. The Bertz CT molecular complexity index is 734. The van der Waals surface area contributed by atoms with Crippen LogP contribution >= 0.6 is 0 Å². The van der Waals surface area contributed by atoms with Gasteiger partial charge in [0.25, 0.3) is 0 Å². The molecule has 2 fully saturated rings. The summed E-state index contributed by atoms with van der Waals surface area (Å²) in [7, 11) is 0. The summed E-state index contributed by atoms with van der Waals surface area (Å²) in [6.45, 7) is 8.40. The maximum atomic E-state index is 12.9. The minimum absolute atomic E-state index is 0.0202. The molecule has 2 aliphatic carbocycles. The van der Waals surface area contributed by atoms with Gasteiger partial charge < -0.3 is 14.9 Å². The zero-order valence-electron chi connectivity index (χ0n) is 14.8. The number of phenols is 2. The van der Waals surface area contributed by atoms with E-state index in [-0.39, 0.29) is 40.8 Å². The third-order valence-electron chi connectivity index (χ3n) is 6.74. The van der Waals surface area contributed by atoms with Crippen LogP contribution in [0, 0.1) is 11.3 Å². The molecule has 130 valence electrons. The van der Waals surface area contributed by atoms with E-state index in [1.165, 1.54) is 0 Å². The highest BCUT2D eigenvalue weighted by molar-refractivity contribution is 5.89. The first kappa shape index (κ1) is 15.8. The minimum Gasteiger partial charge on any atom is -0.504 e. The molecular weight excluding hydrogens is 304 g/mol. The van der Waals surface area contributed by atoms with Crippen LogP contribution < -0.4 is 0 Å². The number of rotatable bonds is 1. The van der Waals surface area contributed by atoms with Crippen LogP contribution in [0.4, 0.5) is 0 Å². The zero-order chi connectivity index (χ0) is 17.4. The van der Waals surface area contributed by atoms with Gasteiger partial charge in [0.1, 0.15) is 11.5 Å². The van der Waals surface area contributed by atoms with Gasteiger partial charge in [-0.3, -0.25) is 4.79 Å². The largest absolute Gasteiger partial charge is 0.504 e. The van der Waals surface area contributed by atoms with Crippen LogP contribution in [-0.4, -0.2) is 16.2 Å². The summed E-state index contributed by atoms with van der Waals surface area (Å²) in [5.41, 5.74) is 1.49. The molecule has 1 aromatic carbocycles. The van der Waals surface area contributed by atoms with Crippen molar-refractivity contribution in [3.63, 3.8) is 0 Å². The van der Waals surface area contributed by atoms with Gasteiger partial charge in [0, 0.05) is 16.7 Å². The maximum Gasteiger partial charge on any atom is 0.317 e. The van der Waals surface area contributed by atoms with Crippen molar-refractivity contribution >= 4 is 5.97 Å². The van der Waals surface area contributed by atoms with Crippen molar-refractivity contribution in [2.45, 2.75) is 70.8 Å². The van der Waals surface area contributed by atoms with E-state index in [4.69, 9.17) is 4.74 Å². The lowest BCUT2D eigenvalue weighted by molar-refractivity contribution is -0.185. The van der Waals surface area contributed by atoms with Gasteiger partial charge in [0.2, 0.25) is 0 Å². The first-order valence-electron chi connectivity index (χ1n) is 9.00. The average Bonchev–Trinajstić information content (AvgIpc) is 2.50. The van der Waals surface area contributed by atoms with Crippen molar-refractivity contribution in [1.29, 1.82) is 0 Å². The highest BCUT2D eigenvalue weighted by Gasteiger charge is 2.65. The van der Waals surface area contributed by atoms with Crippen LogP contribution in [0.5, 0.6) is 11.5 Å². The number of ether oxygens (including phenoxy) is 1. The van der Waals surface area contributed by atoms with Crippen LogP contribution in [-0.2, 0) is 14.9 Å². The van der Waals surface area contributed by atoms with E-state index in [1.54, 1.807) is 0 Å². The molecule has 0 amide bonds. The maximum absolute atomic E-state index is 12.9. The fraction of sp³-hybridized carbons (Fsp3) is 0.650. The van der Waals surface area contributed by atoms with Crippen LogP contribution in [0.15, 0.2) is 6.07 Å². The third kappa shape index (κ3) is 1.72. The van der Waals surface area contributed by atoms with Crippen LogP contribution in [0.25, 0.3) is 0 Å². The summed E-state index contributed by atoms with van der Waals surface area (Å²) in [5.74, 6) is -0.141. The van der Waals surface area contributed by atoms with E-state index in [1.807, 2.05) is 19.9 Å². The molecule has 2 N–H and O–H groups in total. The van der Waals surface area contributed by atoms with Crippen molar-refractivity contribution in [2.75, 3.05) is 0 Å². The molecule has 2 heterocycles. The number of fused-ring (bicyclic) bond motifs is 1. The Morgan fingerprint density at radius 3 is 2.58 bits per heavy atom. The van der Waals surface area contributed by atoms with Gasteiger partial charge in [-0.2, -0.15) is 0 Å². The Balaban J connectivity index is 2.02. The Labute approximate surface area is 142 Å².